The summed E-state index contributed by atoms with van der Waals surface area (Å²) < 4.78 is 18.5. The summed E-state index contributed by atoms with van der Waals surface area (Å²) in [6.07, 6.45) is 3.17. The Kier molecular flexibility index (Phi) is 4.87. The molecular weight excluding hydrogens is 233 g/mol. The molecule has 2 N–H and O–H groups in total. The third-order valence-corrected chi connectivity index (χ3v) is 2.94. The zero-order chi connectivity index (χ0) is 12.8. The van der Waals surface area contributed by atoms with Gasteiger partial charge >= 0.3 is 0 Å². The summed E-state index contributed by atoms with van der Waals surface area (Å²) in [6, 6.07) is 4.81. The second kappa shape index (κ2) is 6.64. The van der Waals surface area contributed by atoms with Crippen LogP contribution in [0.25, 0.3) is 0 Å². The number of hydrogen-bond acceptors (Lipinski definition) is 3. The van der Waals surface area contributed by atoms with E-state index < -0.39 is 0 Å². The van der Waals surface area contributed by atoms with Gasteiger partial charge < -0.3 is 15.2 Å². The Morgan fingerprint density at radius 2 is 2.22 bits per heavy atom. The molecule has 2 rings (SSSR count). The van der Waals surface area contributed by atoms with Crippen LogP contribution in [0, 0.1) is 5.82 Å². The van der Waals surface area contributed by atoms with E-state index in [0.717, 1.165) is 25.1 Å². The minimum Gasteiger partial charge on any atom is -0.392 e. The molecule has 3 nitrogen and oxygen atoms in total. The first-order valence-electron chi connectivity index (χ1n) is 6.14. The second-order valence-electron chi connectivity index (χ2n) is 4.39. The summed E-state index contributed by atoms with van der Waals surface area (Å²) in [5.74, 6) is -0.357. The Bertz CT molecular complexity index is 432. The molecule has 0 atom stereocenters. The van der Waals surface area contributed by atoms with Crippen molar-refractivity contribution in [2.75, 3.05) is 19.8 Å². The molecule has 18 heavy (non-hydrogen) atoms. The van der Waals surface area contributed by atoms with Gasteiger partial charge in [-0.3, -0.25) is 0 Å². The molecule has 1 aliphatic heterocycles. The Morgan fingerprint density at radius 3 is 2.94 bits per heavy atom. The molecule has 1 aromatic carbocycles. The lowest BCUT2D eigenvalue weighted by Crippen LogP contribution is -2.21. The molecular formula is C14H18FNO2. The van der Waals surface area contributed by atoms with Gasteiger partial charge in [-0.15, -0.1) is 0 Å². The molecule has 1 aliphatic rings. The highest BCUT2D eigenvalue weighted by atomic mass is 19.1. The summed E-state index contributed by atoms with van der Waals surface area (Å²) in [5, 5.41) is 12.3. The van der Waals surface area contributed by atoms with Crippen LogP contribution in [0.1, 0.15) is 17.5 Å². The molecule has 0 saturated carbocycles. The standard InChI is InChI=1S/C14H18FNO2/c15-14-4-3-11(6-13(14)9-17)7-16-8-12-2-1-5-18-10-12/h2-4,6,16-17H,1,5,7-10H2. The predicted molar refractivity (Wildman–Crippen MR) is 67.5 cm³/mol. The lowest BCUT2D eigenvalue weighted by molar-refractivity contribution is 0.149. The van der Waals surface area contributed by atoms with Crippen molar-refractivity contribution >= 4 is 0 Å². The summed E-state index contributed by atoms with van der Waals surface area (Å²) >= 11 is 0. The van der Waals surface area contributed by atoms with Gasteiger partial charge in [0, 0.05) is 18.7 Å². The van der Waals surface area contributed by atoms with Crippen molar-refractivity contribution in [1.29, 1.82) is 0 Å². The highest BCUT2D eigenvalue weighted by Crippen LogP contribution is 2.11. The van der Waals surface area contributed by atoms with E-state index in [1.165, 1.54) is 11.6 Å². The molecule has 0 bridgehead atoms. The number of hydrogen-bond donors (Lipinski definition) is 2. The quantitative estimate of drug-likeness (QED) is 0.783. The second-order valence-corrected chi connectivity index (χ2v) is 4.39. The summed E-state index contributed by atoms with van der Waals surface area (Å²) in [7, 11) is 0. The first-order chi connectivity index (χ1) is 8.79. The fourth-order valence-corrected chi connectivity index (χ4v) is 1.96. The molecule has 0 fully saturated rings. The van der Waals surface area contributed by atoms with Gasteiger partial charge in [0.15, 0.2) is 0 Å². The Morgan fingerprint density at radius 1 is 1.33 bits per heavy atom. The summed E-state index contributed by atoms with van der Waals surface area (Å²) in [5.41, 5.74) is 2.57. The summed E-state index contributed by atoms with van der Waals surface area (Å²) in [4.78, 5) is 0. The minimum absolute atomic E-state index is 0.265. The van der Waals surface area contributed by atoms with E-state index in [1.54, 1.807) is 12.1 Å². The van der Waals surface area contributed by atoms with Gasteiger partial charge in [0.1, 0.15) is 5.82 Å². The maximum Gasteiger partial charge on any atom is 0.128 e. The average Bonchev–Trinajstić information content (AvgIpc) is 2.42. The molecule has 0 saturated heterocycles. The third-order valence-electron chi connectivity index (χ3n) is 2.94. The number of benzene rings is 1. The number of aliphatic hydroxyl groups excluding tert-OH is 1. The maximum atomic E-state index is 13.2. The Hall–Kier alpha value is -1.23. The summed E-state index contributed by atoms with van der Waals surface area (Å²) in [6.45, 7) is 2.68. The number of rotatable bonds is 5. The van der Waals surface area contributed by atoms with Crippen molar-refractivity contribution in [3.8, 4) is 0 Å². The Labute approximate surface area is 106 Å². The topological polar surface area (TPSA) is 41.5 Å². The first kappa shape index (κ1) is 13.2. The molecule has 1 heterocycles. The lowest BCUT2D eigenvalue weighted by Gasteiger charge is -2.14. The molecule has 0 spiro atoms. The van der Waals surface area contributed by atoms with Crippen LogP contribution in [0.2, 0.25) is 0 Å². The van der Waals surface area contributed by atoms with Crippen molar-refractivity contribution < 1.29 is 14.2 Å². The van der Waals surface area contributed by atoms with Crippen molar-refractivity contribution in [1.82, 2.24) is 5.32 Å². The van der Waals surface area contributed by atoms with Gasteiger partial charge in [-0.2, -0.15) is 0 Å². The van der Waals surface area contributed by atoms with Gasteiger partial charge in [0.05, 0.1) is 19.8 Å². The van der Waals surface area contributed by atoms with E-state index in [2.05, 4.69) is 11.4 Å². The van der Waals surface area contributed by atoms with Gasteiger partial charge in [-0.05, 0) is 29.7 Å². The molecule has 0 aromatic heterocycles. The highest BCUT2D eigenvalue weighted by Gasteiger charge is 2.05. The predicted octanol–water partition coefficient (Wildman–Crippen LogP) is 1.75. The molecule has 0 amide bonds. The number of aliphatic hydroxyl groups is 1. The highest BCUT2D eigenvalue weighted by molar-refractivity contribution is 5.24. The van der Waals surface area contributed by atoms with Gasteiger partial charge in [-0.25, -0.2) is 4.39 Å². The smallest absolute Gasteiger partial charge is 0.128 e. The molecule has 4 heteroatoms. The van der Waals surface area contributed by atoms with Crippen molar-refractivity contribution in [2.24, 2.45) is 0 Å². The van der Waals surface area contributed by atoms with E-state index >= 15 is 0 Å². The van der Waals surface area contributed by atoms with E-state index in [9.17, 15) is 4.39 Å². The number of nitrogens with one attached hydrogen (secondary N) is 1. The van der Waals surface area contributed by atoms with Crippen molar-refractivity contribution in [3.05, 3.63) is 46.8 Å². The van der Waals surface area contributed by atoms with Gasteiger partial charge in [0.25, 0.3) is 0 Å². The normalized spacial score (nSPS) is 15.6. The SMILES string of the molecule is OCc1cc(CNCC2=CCCOC2)ccc1F. The van der Waals surface area contributed by atoms with Crippen molar-refractivity contribution in [3.63, 3.8) is 0 Å². The van der Waals surface area contributed by atoms with E-state index in [1.807, 2.05) is 0 Å². The largest absolute Gasteiger partial charge is 0.392 e. The number of halogens is 1. The Balaban J connectivity index is 1.84. The fourth-order valence-electron chi connectivity index (χ4n) is 1.96. The number of ether oxygens (including phenoxy) is 1. The van der Waals surface area contributed by atoms with E-state index in [4.69, 9.17) is 9.84 Å². The van der Waals surface area contributed by atoms with Crippen LogP contribution in [0.15, 0.2) is 29.8 Å². The monoisotopic (exact) mass is 251 g/mol. The van der Waals surface area contributed by atoms with Crippen LogP contribution in [-0.4, -0.2) is 24.9 Å². The van der Waals surface area contributed by atoms with E-state index in [-0.39, 0.29) is 12.4 Å². The zero-order valence-corrected chi connectivity index (χ0v) is 10.3. The van der Waals surface area contributed by atoms with Crippen LogP contribution in [0.5, 0.6) is 0 Å². The minimum atomic E-state index is -0.357. The lowest BCUT2D eigenvalue weighted by atomic mass is 10.1. The molecule has 98 valence electrons. The van der Waals surface area contributed by atoms with Gasteiger partial charge in [0.2, 0.25) is 0 Å². The van der Waals surface area contributed by atoms with Gasteiger partial charge in [-0.1, -0.05) is 12.1 Å². The van der Waals surface area contributed by atoms with Crippen LogP contribution in [0.3, 0.4) is 0 Å². The molecule has 1 aromatic rings. The zero-order valence-electron chi connectivity index (χ0n) is 10.3. The van der Waals surface area contributed by atoms with Crippen LogP contribution >= 0.6 is 0 Å². The third kappa shape index (κ3) is 3.63. The van der Waals surface area contributed by atoms with E-state index in [0.29, 0.717) is 18.7 Å². The van der Waals surface area contributed by atoms with Crippen LogP contribution in [0.4, 0.5) is 4.39 Å². The average molecular weight is 251 g/mol. The molecule has 0 radical (unpaired) electrons. The first-order valence-corrected chi connectivity index (χ1v) is 6.14. The van der Waals surface area contributed by atoms with Crippen LogP contribution in [-0.2, 0) is 17.9 Å². The van der Waals surface area contributed by atoms with Crippen LogP contribution < -0.4 is 5.32 Å². The fraction of sp³-hybridized carbons (Fsp3) is 0.429. The molecule has 0 unspecified atom stereocenters. The van der Waals surface area contributed by atoms with Crippen molar-refractivity contribution in [2.45, 2.75) is 19.6 Å². The molecule has 0 aliphatic carbocycles. The maximum absolute atomic E-state index is 13.2.